The number of fused-ring (bicyclic) bond motifs is 3. The van der Waals surface area contributed by atoms with E-state index in [2.05, 4.69) is 10.1 Å². The first kappa shape index (κ1) is 30.5. The van der Waals surface area contributed by atoms with Crippen molar-refractivity contribution in [1.82, 2.24) is 20.1 Å². The maximum absolute atomic E-state index is 13.7. The van der Waals surface area contributed by atoms with Gasteiger partial charge in [-0.25, -0.2) is 10.1 Å². The first-order chi connectivity index (χ1) is 21.4. The lowest BCUT2D eigenvalue weighted by atomic mass is 10.1. The summed E-state index contributed by atoms with van der Waals surface area (Å²) in [4.78, 5) is 34.5. The number of ether oxygens (including phenoxy) is 2. The molecule has 0 radical (unpaired) electrons. The molecule has 16 heteroatoms. The molecule has 6 rings (SSSR count). The van der Waals surface area contributed by atoms with Gasteiger partial charge in [-0.3, -0.25) is 9.59 Å². The van der Waals surface area contributed by atoms with Crippen LogP contribution in [-0.2, 0) is 12.4 Å². The Labute approximate surface area is 252 Å². The lowest BCUT2D eigenvalue weighted by Gasteiger charge is -2.41. The number of benzene rings is 1. The molecule has 1 amide bonds. The second-order valence-electron chi connectivity index (χ2n) is 11.1. The molecule has 0 spiro atoms. The van der Waals surface area contributed by atoms with Gasteiger partial charge in [0.25, 0.3) is 11.5 Å². The smallest absolute Gasteiger partial charge is 0.423 e. The number of H-pyrrole nitrogens is 1. The van der Waals surface area contributed by atoms with Crippen molar-refractivity contribution in [3.8, 4) is 11.5 Å². The van der Waals surface area contributed by atoms with E-state index in [1.165, 1.54) is 4.90 Å². The molecule has 3 aliphatic rings. The fourth-order valence-corrected chi connectivity index (χ4v) is 6.09. The van der Waals surface area contributed by atoms with E-state index < -0.39 is 35.1 Å². The second-order valence-corrected chi connectivity index (χ2v) is 11.1. The summed E-state index contributed by atoms with van der Waals surface area (Å²) in [5.74, 6) is 0.459. The monoisotopic (exact) mass is 638 g/mol. The van der Waals surface area contributed by atoms with E-state index in [9.17, 15) is 35.9 Å². The van der Waals surface area contributed by atoms with E-state index in [0.29, 0.717) is 62.6 Å². The molecule has 0 saturated carbocycles. The highest BCUT2D eigenvalue weighted by atomic mass is 19.4. The molecule has 2 saturated heterocycles. The van der Waals surface area contributed by atoms with Crippen LogP contribution in [0.25, 0.3) is 0 Å². The Balaban J connectivity index is 1.12. The van der Waals surface area contributed by atoms with Crippen molar-refractivity contribution in [3.05, 3.63) is 69.8 Å². The standard InChI is InChI=1S/C29H28F6N6O4/c30-28(31,32)18-12-23-25(36-13-18)41-9-8-39(15-19(41)6-10-44-23)27(43)17-3-1-5-21(11-17)45-16-20-4-2-7-40(20)22-14-37-38-26(42)24(22)29(33,34)35/h1,3,5,11-14,19-20H,2,4,6-10,15-16H2,(H,38,42)/t19?,20-/m0/s1. The van der Waals surface area contributed by atoms with Crippen LogP contribution >= 0.6 is 0 Å². The quantitative estimate of drug-likeness (QED) is 0.412. The number of aromatic nitrogens is 3. The Morgan fingerprint density at radius 1 is 1.02 bits per heavy atom. The van der Waals surface area contributed by atoms with Gasteiger partial charge in [0.05, 0.1) is 36.1 Å². The van der Waals surface area contributed by atoms with Crippen molar-refractivity contribution in [3.63, 3.8) is 0 Å². The maximum Gasteiger partial charge on any atom is 0.423 e. The maximum atomic E-state index is 13.7. The van der Waals surface area contributed by atoms with Crippen molar-refractivity contribution in [1.29, 1.82) is 0 Å². The van der Waals surface area contributed by atoms with Crippen molar-refractivity contribution < 1.29 is 40.6 Å². The number of hydrogen-bond donors (Lipinski definition) is 1. The lowest BCUT2D eigenvalue weighted by Crippen LogP contribution is -2.55. The van der Waals surface area contributed by atoms with E-state index >= 15 is 0 Å². The molecule has 2 atom stereocenters. The van der Waals surface area contributed by atoms with Crippen LogP contribution in [0.1, 0.15) is 40.7 Å². The summed E-state index contributed by atoms with van der Waals surface area (Å²) in [5, 5.41) is 5.42. The molecule has 1 N–H and O–H groups in total. The van der Waals surface area contributed by atoms with Crippen LogP contribution in [0, 0.1) is 0 Å². The fourth-order valence-electron chi connectivity index (χ4n) is 6.09. The summed E-state index contributed by atoms with van der Waals surface area (Å²) >= 11 is 0. The summed E-state index contributed by atoms with van der Waals surface area (Å²) in [6.45, 7) is 1.42. The molecule has 3 aromatic rings. The van der Waals surface area contributed by atoms with Gasteiger partial charge in [0.15, 0.2) is 11.6 Å². The SMILES string of the molecule is O=C(c1cccc(OC[C@@H]2CCCN2c2cn[nH]c(=O)c2C(F)(F)F)c1)N1CCN2c3ncc(C(F)(F)F)cc3OCCC2C1. The molecular weight excluding hydrogens is 610 g/mol. The van der Waals surface area contributed by atoms with Crippen molar-refractivity contribution >= 4 is 17.4 Å². The van der Waals surface area contributed by atoms with Crippen LogP contribution in [-0.4, -0.2) is 77.5 Å². The number of aromatic amines is 1. The zero-order valence-corrected chi connectivity index (χ0v) is 23.7. The number of rotatable bonds is 5. The summed E-state index contributed by atoms with van der Waals surface area (Å²) in [6.07, 6.45) is -6.03. The highest BCUT2D eigenvalue weighted by Gasteiger charge is 2.41. The number of amides is 1. The summed E-state index contributed by atoms with van der Waals surface area (Å²) in [6, 6.07) is 6.76. The van der Waals surface area contributed by atoms with Gasteiger partial charge >= 0.3 is 12.4 Å². The zero-order chi connectivity index (χ0) is 31.9. The number of nitrogens with zero attached hydrogens (tertiary/aromatic N) is 5. The normalized spacial score (nSPS) is 20.3. The number of carbonyl (C=O) groups excluding carboxylic acids is 1. The Bertz CT molecular complexity index is 1630. The molecule has 3 aliphatic heterocycles. The first-order valence-electron chi connectivity index (χ1n) is 14.3. The number of halogens is 6. The summed E-state index contributed by atoms with van der Waals surface area (Å²) in [5.41, 5.74) is -3.47. The molecule has 45 heavy (non-hydrogen) atoms. The third-order valence-electron chi connectivity index (χ3n) is 8.24. The van der Waals surface area contributed by atoms with Crippen LogP contribution in [0.4, 0.5) is 37.8 Å². The van der Waals surface area contributed by atoms with E-state index in [1.807, 2.05) is 10.00 Å². The van der Waals surface area contributed by atoms with Gasteiger partial charge in [-0.15, -0.1) is 0 Å². The number of anilines is 2. The van der Waals surface area contributed by atoms with Gasteiger partial charge in [0.1, 0.15) is 17.9 Å². The lowest BCUT2D eigenvalue weighted by molar-refractivity contribution is -0.139. The molecule has 5 heterocycles. The Morgan fingerprint density at radius 2 is 1.84 bits per heavy atom. The molecule has 1 aromatic carbocycles. The zero-order valence-electron chi connectivity index (χ0n) is 23.7. The van der Waals surface area contributed by atoms with Gasteiger partial charge in [-0.05, 0) is 37.1 Å². The highest BCUT2D eigenvalue weighted by molar-refractivity contribution is 5.94. The Hall–Kier alpha value is -4.50. The van der Waals surface area contributed by atoms with Gasteiger partial charge in [0, 0.05) is 44.4 Å². The van der Waals surface area contributed by atoms with Crippen molar-refractivity contribution in [2.75, 3.05) is 49.2 Å². The summed E-state index contributed by atoms with van der Waals surface area (Å²) in [7, 11) is 0. The van der Waals surface area contributed by atoms with Crippen LogP contribution in [0.15, 0.2) is 47.5 Å². The molecule has 2 aromatic heterocycles. The molecule has 0 bridgehead atoms. The minimum atomic E-state index is -4.86. The van der Waals surface area contributed by atoms with E-state index in [4.69, 9.17) is 9.47 Å². The first-order valence-corrected chi connectivity index (χ1v) is 14.3. The number of hydrogen-bond acceptors (Lipinski definition) is 8. The number of carbonyl (C=O) groups is 1. The predicted octanol–water partition coefficient (Wildman–Crippen LogP) is 4.36. The summed E-state index contributed by atoms with van der Waals surface area (Å²) < 4.78 is 92.1. The van der Waals surface area contributed by atoms with E-state index in [-0.39, 0.29) is 36.6 Å². The molecule has 2 fully saturated rings. The van der Waals surface area contributed by atoms with E-state index in [1.54, 1.807) is 29.2 Å². The Morgan fingerprint density at radius 3 is 2.62 bits per heavy atom. The third kappa shape index (κ3) is 6.22. The molecule has 0 aliphatic carbocycles. The van der Waals surface area contributed by atoms with E-state index in [0.717, 1.165) is 18.5 Å². The topological polar surface area (TPSA) is 104 Å². The van der Waals surface area contributed by atoms with Crippen LogP contribution in [0.2, 0.25) is 0 Å². The van der Waals surface area contributed by atoms with Crippen LogP contribution in [0.3, 0.4) is 0 Å². The van der Waals surface area contributed by atoms with Gasteiger partial charge < -0.3 is 24.2 Å². The number of pyridine rings is 1. The number of alkyl halides is 6. The molecular formula is C29H28F6N6O4. The number of piperazine rings is 1. The fraction of sp³-hybridized carbons (Fsp3) is 0.448. The highest BCUT2D eigenvalue weighted by Crippen LogP contribution is 2.39. The number of nitrogens with one attached hydrogen (secondary N) is 1. The van der Waals surface area contributed by atoms with Crippen LogP contribution in [0.5, 0.6) is 11.5 Å². The average Bonchev–Trinajstić information content (AvgIpc) is 3.39. The van der Waals surface area contributed by atoms with Gasteiger partial charge in [-0.2, -0.15) is 31.4 Å². The third-order valence-corrected chi connectivity index (χ3v) is 8.24. The minimum Gasteiger partial charge on any atom is -0.491 e. The largest absolute Gasteiger partial charge is 0.491 e. The molecule has 10 nitrogen and oxygen atoms in total. The van der Waals surface area contributed by atoms with Crippen molar-refractivity contribution in [2.24, 2.45) is 0 Å². The van der Waals surface area contributed by atoms with Crippen LogP contribution < -0.4 is 24.8 Å². The Kier molecular flexibility index (Phi) is 7.99. The molecule has 1 unspecified atom stereocenters. The van der Waals surface area contributed by atoms with Crippen molar-refractivity contribution in [2.45, 2.75) is 43.7 Å². The van der Waals surface area contributed by atoms with Gasteiger partial charge in [-0.1, -0.05) is 6.07 Å². The van der Waals surface area contributed by atoms with Gasteiger partial charge in [0.2, 0.25) is 0 Å². The average molecular weight is 639 g/mol. The second kappa shape index (κ2) is 11.8. The predicted molar refractivity (Wildman–Crippen MR) is 149 cm³/mol. The molecule has 240 valence electrons. The minimum absolute atomic E-state index is 0.0188.